The zero-order chi connectivity index (χ0) is 19.9. The van der Waals surface area contributed by atoms with Crippen LogP contribution in [0.1, 0.15) is 17.5 Å². The lowest BCUT2D eigenvalue weighted by atomic mass is 10.1. The van der Waals surface area contributed by atoms with Gasteiger partial charge in [0.05, 0.1) is 18.2 Å². The predicted molar refractivity (Wildman–Crippen MR) is 110 cm³/mol. The summed E-state index contributed by atoms with van der Waals surface area (Å²) in [5.41, 5.74) is 3.35. The lowest BCUT2D eigenvalue weighted by Crippen LogP contribution is -2.50. The van der Waals surface area contributed by atoms with E-state index in [1.807, 2.05) is 6.07 Å². The Kier molecular flexibility index (Phi) is 5.43. The fourth-order valence-electron chi connectivity index (χ4n) is 3.91. The minimum atomic E-state index is -2.84. The minimum absolute atomic E-state index is 0.178. The molecule has 28 heavy (non-hydrogen) atoms. The second-order valence-electron chi connectivity index (χ2n) is 7.82. The van der Waals surface area contributed by atoms with Crippen LogP contribution in [0.3, 0.4) is 0 Å². The summed E-state index contributed by atoms with van der Waals surface area (Å²) in [5.74, 6) is 1.18. The highest BCUT2D eigenvalue weighted by atomic mass is 32.2. The van der Waals surface area contributed by atoms with Gasteiger partial charge in [0.15, 0.2) is 9.84 Å². The molecule has 9 heteroatoms. The van der Waals surface area contributed by atoms with E-state index < -0.39 is 9.84 Å². The maximum atomic E-state index is 11.7. The van der Waals surface area contributed by atoms with Crippen molar-refractivity contribution in [3.8, 4) is 11.5 Å². The largest absolute Gasteiger partial charge is 0.409 e. The first kappa shape index (κ1) is 19.8. The average molecular weight is 423 g/mol. The van der Waals surface area contributed by atoms with Gasteiger partial charge in [-0.15, -0.1) is 5.10 Å². The summed E-state index contributed by atoms with van der Waals surface area (Å²) in [4.78, 5) is 4.96. The number of benzene rings is 1. The number of aryl methyl sites for hydroxylation is 2. The van der Waals surface area contributed by atoms with E-state index in [0.29, 0.717) is 28.9 Å². The molecule has 4 rings (SSSR count). The Morgan fingerprint density at radius 2 is 1.93 bits per heavy atom. The van der Waals surface area contributed by atoms with Crippen molar-refractivity contribution in [1.82, 2.24) is 19.6 Å². The number of hydrogen-bond acceptors (Lipinski definition) is 7. The van der Waals surface area contributed by atoms with Crippen LogP contribution in [-0.4, -0.2) is 71.7 Å². The summed E-state index contributed by atoms with van der Waals surface area (Å²) >= 11 is 5.37. The predicted octanol–water partition coefficient (Wildman–Crippen LogP) is 2.25. The zero-order valence-electron chi connectivity index (χ0n) is 16.3. The van der Waals surface area contributed by atoms with Crippen molar-refractivity contribution in [2.45, 2.75) is 33.0 Å². The molecular formula is C19H26N4O3S2. The van der Waals surface area contributed by atoms with Crippen LogP contribution in [0.5, 0.6) is 0 Å². The van der Waals surface area contributed by atoms with Gasteiger partial charge in [-0.3, -0.25) is 9.80 Å². The van der Waals surface area contributed by atoms with Gasteiger partial charge < -0.3 is 4.42 Å². The Labute approximate surface area is 170 Å². The highest BCUT2D eigenvalue weighted by Gasteiger charge is 2.33. The lowest BCUT2D eigenvalue weighted by Gasteiger charge is -2.37. The zero-order valence-corrected chi connectivity index (χ0v) is 17.9. The summed E-state index contributed by atoms with van der Waals surface area (Å²) in [6.07, 6.45) is 0.760. The molecule has 3 heterocycles. The molecule has 0 spiro atoms. The van der Waals surface area contributed by atoms with E-state index in [4.69, 9.17) is 16.6 Å². The number of piperazine rings is 1. The molecule has 1 aromatic heterocycles. The van der Waals surface area contributed by atoms with Crippen molar-refractivity contribution in [2.75, 3.05) is 37.7 Å². The highest BCUT2D eigenvalue weighted by molar-refractivity contribution is 7.91. The third-order valence-electron chi connectivity index (χ3n) is 5.83. The van der Waals surface area contributed by atoms with Crippen molar-refractivity contribution in [3.05, 3.63) is 34.2 Å². The molecule has 7 nitrogen and oxygen atoms in total. The molecule has 2 aliphatic heterocycles. The van der Waals surface area contributed by atoms with E-state index in [-0.39, 0.29) is 6.04 Å². The second kappa shape index (κ2) is 7.70. The van der Waals surface area contributed by atoms with Crippen LogP contribution < -0.4 is 0 Å². The van der Waals surface area contributed by atoms with Crippen molar-refractivity contribution >= 4 is 22.1 Å². The highest BCUT2D eigenvalue weighted by Crippen LogP contribution is 2.22. The van der Waals surface area contributed by atoms with Crippen LogP contribution >= 0.6 is 12.2 Å². The first-order valence-electron chi connectivity index (χ1n) is 9.63. The standard InChI is InChI=1S/C19H26N4O3S2/c1-14-3-4-16(11-15(14)2)18-20-23(19(27)26-18)13-21-6-8-22(9-7-21)17-5-10-28(24,25)12-17/h3-4,11,17H,5-10,12-13H2,1-2H3. The van der Waals surface area contributed by atoms with Crippen LogP contribution in [-0.2, 0) is 16.5 Å². The Morgan fingerprint density at radius 1 is 1.18 bits per heavy atom. The van der Waals surface area contributed by atoms with Crippen molar-refractivity contribution in [2.24, 2.45) is 0 Å². The van der Waals surface area contributed by atoms with Crippen molar-refractivity contribution in [3.63, 3.8) is 0 Å². The Balaban J connectivity index is 1.38. The van der Waals surface area contributed by atoms with Gasteiger partial charge in [-0.05, 0) is 55.7 Å². The third-order valence-corrected chi connectivity index (χ3v) is 7.87. The molecule has 1 atom stereocenters. The van der Waals surface area contributed by atoms with Gasteiger partial charge in [-0.25, -0.2) is 13.1 Å². The molecule has 1 aromatic carbocycles. The van der Waals surface area contributed by atoms with Crippen LogP contribution in [0.15, 0.2) is 22.6 Å². The van der Waals surface area contributed by atoms with E-state index in [2.05, 4.69) is 40.9 Å². The fourth-order valence-corrected chi connectivity index (χ4v) is 5.85. The van der Waals surface area contributed by atoms with Gasteiger partial charge in [0.25, 0.3) is 4.84 Å². The molecule has 2 fully saturated rings. The van der Waals surface area contributed by atoms with Gasteiger partial charge in [0.2, 0.25) is 5.89 Å². The van der Waals surface area contributed by atoms with Gasteiger partial charge >= 0.3 is 0 Å². The number of sulfone groups is 1. The maximum absolute atomic E-state index is 11.7. The molecule has 2 aliphatic rings. The Hall–Kier alpha value is -1.55. The molecule has 0 radical (unpaired) electrons. The quantitative estimate of drug-likeness (QED) is 0.700. The van der Waals surface area contributed by atoms with Gasteiger partial charge in [0.1, 0.15) is 0 Å². The van der Waals surface area contributed by atoms with Crippen molar-refractivity contribution in [1.29, 1.82) is 0 Å². The number of aromatic nitrogens is 2. The molecule has 0 saturated carbocycles. The third kappa shape index (κ3) is 4.22. The fraction of sp³-hybridized carbons (Fsp3) is 0.579. The minimum Gasteiger partial charge on any atom is -0.409 e. The van der Waals surface area contributed by atoms with E-state index >= 15 is 0 Å². The summed E-state index contributed by atoms with van der Waals surface area (Å²) in [6.45, 7) is 8.20. The van der Waals surface area contributed by atoms with Crippen LogP contribution in [0.2, 0.25) is 0 Å². The average Bonchev–Trinajstić information content (AvgIpc) is 3.20. The van der Waals surface area contributed by atoms with E-state index in [1.165, 1.54) is 11.1 Å². The molecule has 2 saturated heterocycles. The Bertz CT molecular complexity index is 1020. The number of hydrogen-bond donors (Lipinski definition) is 0. The molecular weight excluding hydrogens is 396 g/mol. The second-order valence-corrected chi connectivity index (χ2v) is 10.4. The molecule has 0 N–H and O–H groups in total. The number of rotatable bonds is 4. The van der Waals surface area contributed by atoms with Crippen molar-refractivity contribution < 1.29 is 12.8 Å². The van der Waals surface area contributed by atoms with Crippen LogP contribution in [0.4, 0.5) is 0 Å². The topological polar surface area (TPSA) is 71.6 Å². The summed E-state index contributed by atoms with van der Waals surface area (Å²) in [6, 6.07) is 6.30. The summed E-state index contributed by atoms with van der Waals surface area (Å²) in [5, 5.41) is 4.57. The molecule has 0 aliphatic carbocycles. The van der Waals surface area contributed by atoms with E-state index in [1.54, 1.807) is 4.68 Å². The van der Waals surface area contributed by atoms with E-state index in [0.717, 1.165) is 38.2 Å². The molecule has 0 bridgehead atoms. The molecule has 152 valence electrons. The molecule has 0 amide bonds. The molecule has 1 unspecified atom stereocenters. The first-order valence-corrected chi connectivity index (χ1v) is 11.9. The van der Waals surface area contributed by atoms with Gasteiger partial charge in [-0.2, -0.15) is 0 Å². The van der Waals surface area contributed by atoms with E-state index in [9.17, 15) is 8.42 Å². The van der Waals surface area contributed by atoms with Gasteiger partial charge in [0, 0.05) is 37.8 Å². The first-order chi connectivity index (χ1) is 13.3. The van der Waals surface area contributed by atoms with Crippen LogP contribution in [0.25, 0.3) is 11.5 Å². The lowest BCUT2D eigenvalue weighted by molar-refractivity contribution is 0.0803. The maximum Gasteiger partial charge on any atom is 0.288 e. The van der Waals surface area contributed by atoms with Crippen LogP contribution in [0, 0.1) is 18.7 Å². The Morgan fingerprint density at radius 3 is 2.57 bits per heavy atom. The summed E-state index contributed by atoms with van der Waals surface area (Å²) < 4.78 is 30.9. The summed E-state index contributed by atoms with van der Waals surface area (Å²) in [7, 11) is -2.84. The number of nitrogens with zero attached hydrogens (tertiary/aromatic N) is 4. The van der Waals surface area contributed by atoms with Gasteiger partial charge in [-0.1, -0.05) is 6.07 Å². The monoisotopic (exact) mass is 422 g/mol. The molecule has 2 aromatic rings. The normalized spacial score (nSPS) is 23.3. The smallest absolute Gasteiger partial charge is 0.288 e. The SMILES string of the molecule is Cc1ccc(-c2nn(CN3CCN(C4CCS(=O)(=O)C4)CC3)c(=S)o2)cc1C.